The SMILES string of the molecule is O=C(CCC(F)(F)F)N1CCC[C@]2(C1)CN(C1CCCCC1)CC[C@H]2O. The van der Waals surface area contributed by atoms with Gasteiger partial charge < -0.3 is 10.0 Å². The Morgan fingerprint density at radius 1 is 1.04 bits per heavy atom. The molecule has 0 aromatic rings. The van der Waals surface area contributed by atoms with E-state index in [0.29, 0.717) is 25.6 Å². The molecule has 4 nitrogen and oxygen atoms in total. The molecule has 1 amide bonds. The minimum Gasteiger partial charge on any atom is -0.392 e. The molecule has 0 aromatic heterocycles. The second-order valence-corrected chi connectivity index (χ2v) is 8.46. The number of halogens is 3. The summed E-state index contributed by atoms with van der Waals surface area (Å²) in [6, 6.07) is 0.560. The molecule has 1 N–H and O–H groups in total. The number of rotatable bonds is 3. The number of carbonyl (C=O) groups is 1. The number of aliphatic hydroxyl groups is 1. The van der Waals surface area contributed by atoms with Crippen LogP contribution < -0.4 is 0 Å². The predicted octanol–water partition coefficient (Wildman–Crippen LogP) is 3.34. The van der Waals surface area contributed by atoms with Gasteiger partial charge in [0.15, 0.2) is 0 Å². The fourth-order valence-corrected chi connectivity index (χ4v) is 5.12. The molecule has 2 heterocycles. The van der Waals surface area contributed by atoms with Crippen LogP contribution in [0.25, 0.3) is 0 Å². The maximum Gasteiger partial charge on any atom is 0.389 e. The van der Waals surface area contributed by atoms with Crippen molar-refractivity contribution >= 4 is 5.91 Å². The normalized spacial score (nSPS) is 32.2. The van der Waals surface area contributed by atoms with Gasteiger partial charge in [0.05, 0.1) is 12.5 Å². The fourth-order valence-electron chi connectivity index (χ4n) is 5.12. The molecule has 0 radical (unpaired) electrons. The smallest absolute Gasteiger partial charge is 0.389 e. The topological polar surface area (TPSA) is 43.8 Å². The lowest BCUT2D eigenvalue weighted by Gasteiger charge is -2.53. The molecule has 0 aromatic carbocycles. The van der Waals surface area contributed by atoms with Gasteiger partial charge in [-0.3, -0.25) is 9.69 Å². The zero-order valence-corrected chi connectivity index (χ0v) is 15.4. The summed E-state index contributed by atoms with van der Waals surface area (Å²) in [5.41, 5.74) is -0.373. The minimum absolute atomic E-state index is 0.373. The molecular weight excluding hydrogens is 345 g/mol. The number of hydrogen-bond acceptors (Lipinski definition) is 3. The van der Waals surface area contributed by atoms with Crippen molar-refractivity contribution in [2.24, 2.45) is 5.41 Å². The van der Waals surface area contributed by atoms with E-state index in [1.165, 1.54) is 32.1 Å². The first-order valence-corrected chi connectivity index (χ1v) is 10.1. The van der Waals surface area contributed by atoms with E-state index in [4.69, 9.17) is 0 Å². The molecule has 26 heavy (non-hydrogen) atoms. The van der Waals surface area contributed by atoms with Crippen molar-refractivity contribution in [3.63, 3.8) is 0 Å². The van der Waals surface area contributed by atoms with E-state index in [2.05, 4.69) is 4.90 Å². The summed E-state index contributed by atoms with van der Waals surface area (Å²) in [4.78, 5) is 16.3. The van der Waals surface area contributed by atoms with Gasteiger partial charge >= 0.3 is 6.18 Å². The van der Waals surface area contributed by atoms with Crippen LogP contribution in [0.5, 0.6) is 0 Å². The van der Waals surface area contributed by atoms with Crippen LogP contribution in [0.1, 0.15) is 64.2 Å². The molecule has 0 bridgehead atoms. The molecule has 3 aliphatic rings. The van der Waals surface area contributed by atoms with Crippen molar-refractivity contribution in [1.29, 1.82) is 0 Å². The molecule has 2 saturated heterocycles. The maximum absolute atomic E-state index is 12.4. The summed E-state index contributed by atoms with van der Waals surface area (Å²) in [7, 11) is 0. The van der Waals surface area contributed by atoms with Crippen molar-refractivity contribution in [2.75, 3.05) is 26.2 Å². The molecule has 2 atom stereocenters. The van der Waals surface area contributed by atoms with Crippen LogP contribution in [0.2, 0.25) is 0 Å². The van der Waals surface area contributed by atoms with Gasteiger partial charge in [0.1, 0.15) is 0 Å². The van der Waals surface area contributed by atoms with Crippen molar-refractivity contribution < 1.29 is 23.1 Å². The van der Waals surface area contributed by atoms with E-state index in [-0.39, 0.29) is 5.41 Å². The van der Waals surface area contributed by atoms with Crippen molar-refractivity contribution in [3.05, 3.63) is 0 Å². The zero-order chi connectivity index (χ0) is 18.8. The molecule has 1 spiro atoms. The summed E-state index contributed by atoms with van der Waals surface area (Å²) in [5, 5.41) is 10.7. The highest BCUT2D eigenvalue weighted by Crippen LogP contribution is 2.41. The van der Waals surface area contributed by atoms with Crippen LogP contribution in [0.3, 0.4) is 0 Å². The van der Waals surface area contributed by atoms with Gasteiger partial charge in [-0.05, 0) is 32.1 Å². The van der Waals surface area contributed by atoms with Crippen LogP contribution >= 0.6 is 0 Å². The lowest BCUT2D eigenvalue weighted by molar-refractivity contribution is -0.155. The number of likely N-dealkylation sites (tertiary alicyclic amines) is 2. The average Bonchev–Trinajstić information content (AvgIpc) is 2.62. The van der Waals surface area contributed by atoms with Gasteiger partial charge in [-0.2, -0.15) is 13.2 Å². The summed E-state index contributed by atoms with van der Waals surface area (Å²) >= 11 is 0. The van der Waals surface area contributed by atoms with E-state index < -0.39 is 31.0 Å². The third kappa shape index (κ3) is 4.71. The highest BCUT2D eigenvalue weighted by molar-refractivity contribution is 5.76. The molecular formula is C19H31F3N2O2. The fraction of sp³-hybridized carbons (Fsp3) is 0.947. The summed E-state index contributed by atoms with van der Waals surface area (Å²) in [5.74, 6) is -0.427. The molecule has 1 aliphatic carbocycles. The standard InChI is InChI=1S/C19H31F3N2O2/c20-19(21,22)10-7-17(26)24-11-4-9-18(14-24)13-23(12-8-16(18)25)15-5-2-1-3-6-15/h15-16,25H,1-14H2/t16-,18-/m1/s1. The van der Waals surface area contributed by atoms with Crippen molar-refractivity contribution in [1.82, 2.24) is 9.80 Å². The molecule has 3 rings (SSSR count). The van der Waals surface area contributed by atoms with E-state index in [1.807, 2.05) is 0 Å². The molecule has 1 saturated carbocycles. The van der Waals surface area contributed by atoms with Gasteiger partial charge in [-0.1, -0.05) is 19.3 Å². The van der Waals surface area contributed by atoms with E-state index in [0.717, 1.165) is 25.9 Å². The number of aliphatic hydroxyl groups excluding tert-OH is 1. The van der Waals surface area contributed by atoms with Crippen molar-refractivity contribution in [2.45, 2.75) is 82.5 Å². The van der Waals surface area contributed by atoms with Gasteiger partial charge in [0.2, 0.25) is 5.91 Å². The predicted molar refractivity (Wildman–Crippen MR) is 92.6 cm³/mol. The number of hydrogen-bond donors (Lipinski definition) is 1. The first kappa shape index (κ1) is 19.9. The molecule has 3 fully saturated rings. The van der Waals surface area contributed by atoms with E-state index in [1.54, 1.807) is 4.90 Å². The third-order valence-electron chi connectivity index (χ3n) is 6.59. The number of alkyl halides is 3. The van der Waals surface area contributed by atoms with Gasteiger partial charge in [-0.25, -0.2) is 0 Å². The Bertz CT molecular complexity index is 494. The lowest BCUT2D eigenvalue weighted by atomic mass is 9.70. The number of amides is 1. The first-order valence-electron chi connectivity index (χ1n) is 10.1. The van der Waals surface area contributed by atoms with Gasteiger partial charge in [-0.15, -0.1) is 0 Å². The molecule has 0 unspecified atom stereocenters. The van der Waals surface area contributed by atoms with Crippen molar-refractivity contribution in [3.8, 4) is 0 Å². The Morgan fingerprint density at radius 2 is 1.77 bits per heavy atom. The Kier molecular flexibility index (Phi) is 6.17. The Labute approximate surface area is 153 Å². The van der Waals surface area contributed by atoms with Crippen LogP contribution in [0.15, 0.2) is 0 Å². The van der Waals surface area contributed by atoms with Gasteiger partial charge in [0, 0.05) is 44.1 Å². The summed E-state index contributed by atoms with van der Waals surface area (Å²) in [6.45, 7) is 2.56. The third-order valence-corrected chi connectivity index (χ3v) is 6.59. The Morgan fingerprint density at radius 3 is 2.46 bits per heavy atom. The second-order valence-electron chi connectivity index (χ2n) is 8.46. The molecule has 150 valence electrons. The first-order chi connectivity index (χ1) is 12.3. The monoisotopic (exact) mass is 376 g/mol. The molecule has 7 heteroatoms. The van der Waals surface area contributed by atoms with E-state index in [9.17, 15) is 23.1 Å². The maximum atomic E-state index is 12.4. The van der Waals surface area contributed by atoms with Crippen LogP contribution in [0.4, 0.5) is 13.2 Å². The quantitative estimate of drug-likeness (QED) is 0.822. The van der Waals surface area contributed by atoms with Crippen LogP contribution in [-0.2, 0) is 4.79 Å². The number of piperidine rings is 2. The second kappa shape index (κ2) is 8.05. The molecule has 2 aliphatic heterocycles. The number of nitrogens with zero attached hydrogens (tertiary/aromatic N) is 2. The highest BCUT2D eigenvalue weighted by Gasteiger charge is 2.47. The average molecular weight is 376 g/mol. The van der Waals surface area contributed by atoms with Crippen LogP contribution in [0, 0.1) is 5.41 Å². The van der Waals surface area contributed by atoms with Gasteiger partial charge in [0.25, 0.3) is 0 Å². The zero-order valence-electron chi connectivity index (χ0n) is 15.4. The minimum atomic E-state index is -4.30. The highest BCUT2D eigenvalue weighted by atomic mass is 19.4. The lowest BCUT2D eigenvalue weighted by Crippen LogP contribution is -2.61. The summed E-state index contributed by atoms with van der Waals surface area (Å²) in [6.07, 6.45) is 2.16. The Balaban J connectivity index is 1.63. The summed E-state index contributed by atoms with van der Waals surface area (Å²) < 4.78 is 37.3. The number of carbonyl (C=O) groups excluding carboxylic acids is 1. The Hall–Kier alpha value is -0.820. The largest absolute Gasteiger partial charge is 0.392 e. The van der Waals surface area contributed by atoms with E-state index >= 15 is 0 Å². The van der Waals surface area contributed by atoms with Crippen LogP contribution in [-0.4, -0.2) is 65.3 Å².